The molecule has 6 nitrogen and oxygen atoms in total. The SMILES string of the molecule is Cc1noc(NC(=O)N2CCC(=Cc3cccc(OCC(C)CC(F)(F)F)c3)C(C)C2)c1C. The van der Waals surface area contributed by atoms with E-state index in [-0.39, 0.29) is 18.6 Å². The Hall–Kier alpha value is -2.97. The summed E-state index contributed by atoms with van der Waals surface area (Å²) in [7, 11) is 0. The molecule has 1 aliphatic heterocycles. The molecule has 33 heavy (non-hydrogen) atoms. The highest BCUT2D eigenvalue weighted by atomic mass is 19.4. The summed E-state index contributed by atoms with van der Waals surface area (Å²) in [4.78, 5) is 14.4. The number of hydrogen-bond donors (Lipinski definition) is 1. The van der Waals surface area contributed by atoms with Crippen molar-refractivity contribution in [2.45, 2.75) is 46.7 Å². The van der Waals surface area contributed by atoms with E-state index in [0.717, 1.165) is 23.2 Å². The van der Waals surface area contributed by atoms with E-state index in [1.54, 1.807) is 11.0 Å². The first kappa shape index (κ1) is 24.7. The van der Waals surface area contributed by atoms with Gasteiger partial charge in [0.05, 0.1) is 12.3 Å². The summed E-state index contributed by atoms with van der Waals surface area (Å²) in [6, 6.07) is 7.11. The lowest BCUT2D eigenvalue weighted by Crippen LogP contribution is -2.42. The van der Waals surface area contributed by atoms with E-state index < -0.39 is 18.5 Å². The van der Waals surface area contributed by atoms with Crippen molar-refractivity contribution in [1.82, 2.24) is 10.1 Å². The van der Waals surface area contributed by atoms with Gasteiger partial charge in [-0.15, -0.1) is 0 Å². The van der Waals surface area contributed by atoms with E-state index in [2.05, 4.69) is 23.5 Å². The summed E-state index contributed by atoms with van der Waals surface area (Å²) in [5, 5.41) is 6.64. The van der Waals surface area contributed by atoms with Gasteiger partial charge in [-0.1, -0.05) is 42.8 Å². The van der Waals surface area contributed by atoms with Crippen LogP contribution in [0.5, 0.6) is 5.75 Å². The van der Waals surface area contributed by atoms with Gasteiger partial charge in [-0.2, -0.15) is 13.2 Å². The number of alkyl halides is 3. The van der Waals surface area contributed by atoms with Gasteiger partial charge < -0.3 is 14.2 Å². The molecule has 1 aromatic carbocycles. The molecule has 1 N–H and O–H groups in total. The monoisotopic (exact) mass is 465 g/mol. The molecule has 1 saturated heterocycles. The van der Waals surface area contributed by atoms with Crippen LogP contribution >= 0.6 is 0 Å². The molecule has 0 saturated carbocycles. The largest absolute Gasteiger partial charge is 0.493 e. The molecule has 0 bridgehead atoms. The zero-order chi connectivity index (χ0) is 24.2. The van der Waals surface area contributed by atoms with Crippen molar-refractivity contribution in [3.05, 3.63) is 46.7 Å². The normalized spacial score (nSPS) is 18.9. The molecule has 0 spiro atoms. The Kier molecular flexibility index (Phi) is 7.71. The number of nitrogens with zero attached hydrogens (tertiary/aromatic N) is 2. The van der Waals surface area contributed by atoms with Gasteiger partial charge in [0.1, 0.15) is 5.75 Å². The highest BCUT2D eigenvalue weighted by Crippen LogP contribution is 2.28. The van der Waals surface area contributed by atoms with Gasteiger partial charge in [0.25, 0.3) is 0 Å². The number of nitrogens with one attached hydrogen (secondary N) is 1. The Morgan fingerprint density at radius 1 is 1.39 bits per heavy atom. The number of rotatable bonds is 6. The Labute approximate surface area is 191 Å². The van der Waals surface area contributed by atoms with Crippen LogP contribution in [0.15, 0.2) is 34.4 Å². The number of ether oxygens (including phenoxy) is 1. The quantitative estimate of drug-likeness (QED) is 0.550. The average Bonchev–Trinajstić information content (AvgIpc) is 3.05. The first-order valence-electron chi connectivity index (χ1n) is 11.0. The van der Waals surface area contributed by atoms with Crippen LogP contribution in [0.25, 0.3) is 6.08 Å². The second kappa shape index (κ2) is 10.3. The smallest absolute Gasteiger partial charge is 0.389 e. The molecule has 9 heteroatoms. The summed E-state index contributed by atoms with van der Waals surface area (Å²) < 4.78 is 48.2. The molecular formula is C24H30F3N3O3. The molecule has 1 fully saturated rings. The maximum Gasteiger partial charge on any atom is 0.389 e. The van der Waals surface area contributed by atoms with Crippen LogP contribution in [-0.2, 0) is 0 Å². The molecule has 2 aromatic rings. The number of piperidine rings is 1. The molecular weight excluding hydrogens is 435 g/mol. The molecule has 0 radical (unpaired) electrons. The standard InChI is InChI=1S/C24H30F3N3O3/c1-15(12-24(25,26)27)14-32-21-7-5-6-19(11-21)10-20-8-9-30(13-16(20)2)23(31)28-22-17(3)18(4)29-33-22/h5-7,10-11,15-16H,8-9,12-14H2,1-4H3,(H,28,31). The molecule has 2 atom stereocenters. The molecule has 1 aliphatic rings. The van der Waals surface area contributed by atoms with Crippen molar-refractivity contribution in [2.24, 2.45) is 11.8 Å². The summed E-state index contributed by atoms with van der Waals surface area (Å²) in [5.41, 5.74) is 3.67. The second-order valence-corrected chi connectivity index (χ2v) is 8.78. The number of anilines is 1. The lowest BCUT2D eigenvalue weighted by atomic mass is 9.91. The molecule has 3 rings (SSSR count). The minimum Gasteiger partial charge on any atom is -0.493 e. The maximum absolute atomic E-state index is 12.6. The van der Waals surface area contributed by atoms with Crippen molar-refractivity contribution < 1.29 is 27.2 Å². The van der Waals surface area contributed by atoms with E-state index in [4.69, 9.17) is 9.26 Å². The maximum atomic E-state index is 12.6. The predicted molar refractivity (Wildman–Crippen MR) is 120 cm³/mol. The van der Waals surface area contributed by atoms with E-state index >= 15 is 0 Å². The fourth-order valence-electron chi connectivity index (χ4n) is 3.76. The summed E-state index contributed by atoms with van der Waals surface area (Å²) >= 11 is 0. The van der Waals surface area contributed by atoms with E-state index in [9.17, 15) is 18.0 Å². The van der Waals surface area contributed by atoms with Gasteiger partial charge in [-0.3, -0.25) is 5.32 Å². The molecule has 180 valence electrons. The lowest BCUT2D eigenvalue weighted by molar-refractivity contribution is -0.145. The third-order valence-corrected chi connectivity index (χ3v) is 5.79. The number of benzene rings is 1. The summed E-state index contributed by atoms with van der Waals surface area (Å²) in [5.74, 6) is 0.444. The number of carbonyl (C=O) groups excluding carboxylic acids is 1. The Morgan fingerprint density at radius 2 is 2.15 bits per heavy atom. The Balaban J connectivity index is 1.57. The topological polar surface area (TPSA) is 67.6 Å². The highest BCUT2D eigenvalue weighted by Gasteiger charge is 2.30. The number of halogens is 3. The average molecular weight is 466 g/mol. The number of aryl methyl sites for hydroxylation is 1. The first-order valence-corrected chi connectivity index (χ1v) is 11.0. The summed E-state index contributed by atoms with van der Waals surface area (Å²) in [6.45, 7) is 8.39. The third kappa shape index (κ3) is 7.00. The first-order chi connectivity index (χ1) is 15.5. The van der Waals surface area contributed by atoms with Crippen LogP contribution in [0.4, 0.5) is 23.8 Å². The van der Waals surface area contributed by atoms with Crippen LogP contribution in [0.2, 0.25) is 0 Å². The van der Waals surface area contributed by atoms with Gasteiger partial charge in [-0.25, -0.2) is 4.79 Å². The van der Waals surface area contributed by atoms with Crippen LogP contribution in [0.3, 0.4) is 0 Å². The number of hydrogen-bond acceptors (Lipinski definition) is 4. The molecule has 2 amide bonds. The van der Waals surface area contributed by atoms with Gasteiger partial charge in [0.15, 0.2) is 0 Å². The predicted octanol–water partition coefficient (Wildman–Crippen LogP) is 6.22. The lowest BCUT2D eigenvalue weighted by Gasteiger charge is -2.33. The molecule has 2 heterocycles. The third-order valence-electron chi connectivity index (χ3n) is 5.79. The van der Waals surface area contributed by atoms with Crippen molar-refractivity contribution in [3.63, 3.8) is 0 Å². The summed E-state index contributed by atoms with van der Waals surface area (Å²) in [6.07, 6.45) is -2.27. The fraction of sp³-hybridized carbons (Fsp3) is 0.500. The van der Waals surface area contributed by atoms with E-state index in [1.165, 1.54) is 12.5 Å². The highest BCUT2D eigenvalue weighted by molar-refractivity contribution is 5.88. The van der Waals surface area contributed by atoms with Crippen LogP contribution in [-0.4, -0.2) is 42.0 Å². The molecule has 1 aromatic heterocycles. The number of carbonyl (C=O) groups is 1. The van der Waals surface area contributed by atoms with E-state index in [0.29, 0.717) is 24.7 Å². The van der Waals surface area contributed by atoms with Crippen LogP contribution < -0.4 is 10.1 Å². The Morgan fingerprint density at radius 3 is 2.79 bits per heavy atom. The Bertz CT molecular complexity index is 1000. The second-order valence-electron chi connectivity index (χ2n) is 8.78. The van der Waals surface area contributed by atoms with Gasteiger partial charge >= 0.3 is 12.2 Å². The minimum absolute atomic E-state index is 0.00416. The minimum atomic E-state index is -4.19. The zero-order valence-electron chi connectivity index (χ0n) is 19.3. The van der Waals surface area contributed by atoms with Gasteiger partial charge in [0.2, 0.25) is 5.88 Å². The number of likely N-dealkylation sites (tertiary alicyclic amines) is 1. The van der Waals surface area contributed by atoms with Crippen molar-refractivity contribution >= 4 is 18.0 Å². The van der Waals surface area contributed by atoms with Crippen molar-refractivity contribution in [1.29, 1.82) is 0 Å². The number of amides is 2. The zero-order valence-corrected chi connectivity index (χ0v) is 19.3. The fourth-order valence-corrected chi connectivity index (χ4v) is 3.76. The van der Waals surface area contributed by atoms with E-state index in [1.807, 2.05) is 32.0 Å². The van der Waals surface area contributed by atoms with Crippen molar-refractivity contribution in [3.8, 4) is 5.75 Å². The molecule has 0 aliphatic carbocycles. The van der Waals surface area contributed by atoms with Crippen LogP contribution in [0, 0.1) is 25.7 Å². The van der Waals surface area contributed by atoms with Crippen LogP contribution in [0.1, 0.15) is 43.5 Å². The number of urea groups is 1. The van der Waals surface area contributed by atoms with Crippen molar-refractivity contribution in [2.75, 3.05) is 25.0 Å². The molecule has 2 unspecified atom stereocenters. The van der Waals surface area contributed by atoms with Gasteiger partial charge in [-0.05, 0) is 49.8 Å². The number of aromatic nitrogens is 1. The van der Waals surface area contributed by atoms with Gasteiger partial charge in [0, 0.05) is 25.1 Å².